The molecule has 0 atom stereocenters. The Balaban J connectivity index is 3.20. The zero-order chi connectivity index (χ0) is 12.3. The van der Waals surface area contributed by atoms with Crippen molar-refractivity contribution in [3.8, 4) is 5.75 Å². The van der Waals surface area contributed by atoms with Gasteiger partial charge < -0.3 is 16.2 Å². The van der Waals surface area contributed by atoms with Gasteiger partial charge in [0, 0.05) is 6.54 Å². The molecule has 4 N–H and O–H groups in total. The van der Waals surface area contributed by atoms with Gasteiger partial charge in [0.15, 0.2) is 12.0 Å². The van der Waals surface area contributed by atoms with E-state index in [2.05, 4.69) is 9.72 Å². The van der Waals surface area contributed by atoms with Gasteiger partial charge in [0.1, 0.15) is 5.82 Å². The van der Waals surface area contributed by atoms with E-state index in [1.807, 2.05) is 0 Å². The summed E-state index contributed by atoms with van der Waals surface area (Å²) in [6.07, 6.45) is -4.59. The predicted molar refractivity (Wildman–Crippen MR) is 48.6 cm³/mol. The van der Waals surface area contributed by atoms with Crippen LogP contribution in [0.5, 0.6) is 5.75 Å². The number of ether oxygens (including phenoxy) is 1. The number of nitrogens with two attached hydrogens (primary N) is 2. The van der Waals surface area contributed by atoms with Crippen molar-refractivity contribution < 1.29 is 22.7 Å². The molecule has 0 aliphatic rings. The van der Waals surface area contributed by atoms with Gasteiger partial charge >= 0.3 is 6.36 Å². The molecule has 0 aromatic carbocycles. The van der Waals surface area contributed by atoms with Crippen LogP contribution in [0.4, 0.5) is 19.0 Å². The largest absolute Gasteiger partial charge is 0.573 e. The number of carbonyl (C=O) groups excluding carboxylic acids is 1. The number of rotatable bonds is 3. The fourth-order valence-corrected chi connectivity index (χ4v) is 1.02. The smallest absolute Gasteiger partial charge is 0.404 e. The molecule has 8 heteroatoms. The first-order valence-corrected chi connectivity index (χ1v) is 4.07. The Morgan fingerprint density at radius 2 is 2.12 bits per heavy atom. The molecular formula is C8H8F3N3O2. The summed E-state index contributed by atoms with van der Waals surface area (Å²) >= 11 is 0. The summed E-state index contributed by atoms with van der Waals surface area (Å²) in [7, 11) is 0. The first kappa shape index (κ1) is 12.2. The quantitative estimate of drug-likeness (QED) is 0.757. The molecule has 1 rings (SSSR count). The van der Waals surface area contributed by atoms with Crippen LogP contribution in [0.3, 0.4) is 0 Å². The second-order valence-corrected chi connectivity index (χ2v) is 2.78. The lowest BCUT2D eigenvalue weighted by molar-refractivity contribution is -0.275. The van der Waals surface area contributed by atoms with E-state index in [0.29, 0.717) is 0 Å². The first-order chi connectivity index (χ1) is 7.37. The van der Waals surface area contributed by atoms with Crippen molar-refractivity contribution in [2.24, 2.45) is 5.73 Å². The summed E-state index contributed by atoms with van der Waals surface area (Å²) < 4.78 is 39.6. The van der Waals surface area contributed by atoms with Crippen molar-refractivity contribution >= 4 is 12.1 Å². The number of halogens is 3. The van der Waals surface area contributed by atoms with E-state index in [4.69, 9.17) is 11.5 Å². The highest BCUT2D eigenvalue weighted by molar-refractivity contribution is 5.82. The molecule has 0 bridgehead atoms. The fourth-order valence-electron chi connectivity index (χ4n) is 1.02. The van der Waals surface area contributed by atoms with Crippen LogP contribution in [0.2, 0.25) is 0 Å². The van der Waals surface area contributed by atoms with Crippen molar-refractivity contribution in [1.82, 2.24) is 4.98 Å². The van der Waals surface area contributed by atoms with E-state index in [9.17, 15) is 18.0 Å². The molecule has 0 aliphatic heterocycles. The lowest BCUT2D eigenvalue weighted by Gasteiger charge is -2.12. The number of alkyl halides is 3. The number of anilines is 1. The molecule has 1 heterocycles. The summed E-state index contributed by atoms with van der Waals surface area (Å²) in [5.74, 6) is -0.809. The second kappa shape index (κ2) is 4.35. The van der Waals surface area contributed by atoms with Gasteiger partial charge in [0.05, 0.1) is 11.3 Å². The van der Waals surface area contributed by atoms with Crippen molar-refractivity contribution in [2.45, 2.75) is 12.9 Å². The summed E-state index contributed by atoms with van der Waals surface area (Å²) in [5.41, 5.74) is 10.1. The molecule has 88 valence electrons. The summed E-state index contributed by atoms with van der Waals surface area (Å²) in [5, 5.41) is 0. The molecule has 0 spiro atoms. The Morgan fingerprint density at radius 1 is 1.50 bits per heavy atom. The van der Waals surface area contributed by atoms with Crippen LogP contribution in [0.25, 0.3) is 0 Å². The number of aldehydes is 1. The summed E-state index contributed by atoms with van der Waals surface area (Å²) in [4.78, 5) is 14.0. The first-order valence-electron chi connectivity index (χ1n) is 4.07. The molecule has 0 radical (unpaired) electrons. The highest BCUT2D eigenvalue weighted by Gasteiger charge is 2.32. The lowest BCUT2D eigenvalue weighted by atomic mass is 10.2. The van der Waals surface area contributed by atoms with Crippen LogP contribution in [-0.4, -0.2) is 17.6 Å². The van der Waals surface area contributed by atoms with Crippen molar-refractivity contribution in [3.05, 3.63) is 17.3 Å². The van der Waals surface area contributed by atoms with Gasteiger partial charge in [-0.2, -0.15) is 0 Å². The minimum Gasteiger partial charge on any atom is -0.404 e. The molecule has 0 amide bonds. The Bertz CT molecular complexity index is 406. The van der Waals surface area contributed by atoms with E-state index >= 15 is 0 Å². The Kier molecular flexibility index (Phi) is 3.33. The molecule has 0 unspecified atom stereocenters. The number of pyridine rings is 1. The third-order valence-electron chi connectivity index (χ3n) is 1.67. The van der Waals surface area contributed by atoms with E-state index in [1.165, 1.54) is 0 Å². The molecule has 1 aromatic rings. The summed E-state index contributed by atoms with van der Waals surface area (Å²) in [6, 6.07) is 0.852. The normalized spacial score (nSPS) is 11.2. The molecule has 0 aliphatic carbocycles. The molecule has 1 aromatic heterocycles. The van der Waals surface area contributed by atoms with Crippen LogP contribution >= 0.6 is 0 Å². The van der Waals surface area contributed by atoms with Crippen LogP contribution in [0.15, 0.2) is 6.07 Å². The lowest BCUT2D eigenvalue weighted by Crippen LogP contribution is -2.20. The molecule has 5 nitrogen and oxygen atoms in total. The number of nitrogens with zero attached hydrogens (tertiary/aromatic N) is 1. The average Bonchev–Trinajstić information content (AvgIpc) is 2.18. The maximum absolute atomic E-state index is 12.0. The van der Waals surface area contributed by atoms with Gasteiger partial charge in [0.2, 0.25) is 0 Å². The van der Waals surface area contributed by atoms with E-state index in [0.717, 1.165) is 6.07 Å². The van der Waals surface area contributed by atoms with Gasteiger partial charge in [-0.25, -0.2) is 4.98 Å². The monoisotopic (exact) mass is 235 g/mol. The topological polar surface area (TPSA) is 91.2 Å². The maximum Gasteiger partial charge on any atom is 0.573 e. The zero-order valence-electron chi connectivity index (χ0n) is 7.91. The third kappa shape index (κ3) is 2.83. The van der Waals surface area contributed by atoms with Crippen LogP contribution in [0.1, 0.15) is 16.1 Å². The molecular weight excluding hydrogens is 227 g/mol. The van der Waals surface area contributed by atoms with Crippen molar-refractivity contribution in [3.63, 3.8) is 0 Å². The van der Waals surface area contributed by atoms with E-state index < -0.39 is 12.1 Å². The average molecular weight is 235 g/mol. The third-order valence-corrected chi connectivity index (χ3v) is 1.67. The highest BCUT2D eigenvalue weighted by Crippen LogP contribution is 2.27. The number of hydrogen-bond donors (Lipinski definition) is 2. The van der Waals surface area contributed by atoms with Gasteiger partial charge in [-0.05, 0) is 6.07 Å². The molecule has 0 saturated heterocycles. The minimum absolute atomic E-state index is 0.166. The highest BCUT2D eigenvalue weighted by atomic mass is 19.4. The van der Waals surface area contributed by atoms with Crippen LogP contribution in [0, 0.1) is 0 Å². The number of carbonyl (C=O) groups is 1. The van der Waals surface area contributed by atoms with Gasteiger partial charge in [-0.3, -0.25) is 4.79 Å². The van der Waals surface area contributed by atoms with Crippen molar-refractivity contribution in [1.29, 1.82) is 0 Å². The molecule has 16 heavy (non-hydrogen) atoms. The van der Waals surface area contributed by atoms with Crippen molar-refractivity contribution in [2.75, 3.05) is 5.73 Å². The van der Waals surface area contributed by atoms with Gasteiger partial charge in [-0.15, -0.1) is 13.2 Å². The van der Waals surface area contributed by atoms with E-state index in [-0.39, 0.29) is 29.9 Å². The molecule has 0 saturated carbocycles. The second-order valence-electron chi connectivity index (χ2n) is 2.78. The Hall–Kier alpha value is -1.83. The zero-order valence-corrected chi connectivity index (χ0v) is 7.91. The maximum atomic E-state index is 12.0. The SMILES string of the molecule is NCc1nc(N)c(C=O)cc1OC(F)(F)F. The Labute approximate surface area is 88.2 Å². The molecule has 0 fully saturated rings. The standard InChI is InChI=1S/C8H8F3N3O2/c9-8(10,11)16-6-1-4(3-15)7(13)14-5(6)2-12/h1,3H,2,12H2,(H2,13,14). The van der Waals surface area contributed by atoms with Crippen LogP contribution in [-0.2, 0) is 6.54 Å². The van der Waals surface area contributed by atoms with Gasteiger partial charge in [0.25, 0.3) is 0 Å². The van der Waals surface area contributed by atoms with Gasteiger partial charge in [-0.1, -0.05) is 0 Å². The number of nitrogen functional groups attached to an aromatic ring is 1. The predicted octanol–water partition coefficient (Wildman–Crippen LogP) is 0.834. The Morgan fingerprint density at radius 3 is 2.56 bits per heavy atom. The fraction of sp³-hybridized carbons (Fsp3) is 0.250. The minimum atomic E-state index is -4.87. The number of aromatic nitrogens is 1. The summed E-state index contributed by atoms with van der Waals surface area (Å²) in [6.45, 7) is -0.283. The van der Waals surface area contributed by atoms with E-state index in [1.54, 1.807) is 0 Å². The number of hydrogen-bond acceptors (Lipinski definition) is 5. The van der Waals surface area contributed by atoms with Crippen LogP contribution < -0.4 is 16.2 Å².